The van der Waals surface area contributed by atoms with Crippen LogP contribution in [0.2, 0.25) is 0 Å². The first-order chi connectivity index (χ1) is 10.7. The van der Waals surface area contributed by atoms with E-state index in [0.29, 0.717) is 30.1 Å². The highest BCUT2D eigenvalue weighted by Gasteiger charge is 2.59. The van der Waals surface area contributed by atoms with Gasteiger partial charge in [0, 0.05) is 17.9 Å². The van der Waals surface area contributed by atoms with E-state index in [4.69, 9.17) is 0 Å². The maximum atomic E-state index is 12.5. The normalized spacial score (nSPS) is 46.4. The van der Waals surface area contributed by atoms with Crippen LogP contribution in [0.1, 0.15) is 52.9 Å². The van der Waals surface area contributed by atoms with Gasteiger partial charge in [-0.05, 0) is 55.8 Å². The van der Waals surface area contributed by atoms with Crippen molar-refractivity contribution in [1.82, 2.24) is 0 Å². The Morgan fingerprint density at radius 2 is 2.13 bits per heavy atom. The molecule has 3 aliphatic carbocycles. The van der Waals surface area contributed by atoms with Crippen molar-refractivity contribution in [2.75, 3.05) is 0 Å². The van der Waals surface area contributed by atoms with Crippen LogP contribution in [0.5, 0.6) is 0 Å². The van der Waals surface area contributed by atoms with Crippen LogP contribution < -0.4 is 0 Å². The maximum absolute atomic E-state index is 12.5. The number of ketones is 1. The zero-order valence-electron chi connectivity index (χ0n) is 14.5. The van der Waals surface area contributed by atoms with E-state index in [0.717, 1.165) is 25.7 Å². The zero-order chi connectivity index (χ0) is 17.0. The van der Waals surface area contributed by atoms with Crippen LogP contribution in [-0.2, 0) is 9.59 Å². The minimum Gasteiger partial charge on any atom is -0.377 e. The molecule has 0 aromatic carbocycles. The highest BCUT2D eigenvalue weighted by Crippen LogP contribution is 2.59. The van der Waals surface area contributed by atoms with Gasteiger partial charge in [-0.3, -0.25) is 9.59 Å². The van der Waals surface area contributed by atoms with Crippen molar-refractivity contribution in [1.29, 1.82) is 0 Å². The van der Waals surface area contributed by atoms with Gasteiger partial charge in [0.05, 0.1) is 0 Å². The summed E-state index contributed by atoms with van der Waals surface area (Å²) in [5.74, 6) is 0.716. The SMILES string of the molecule is C=C(C)C1CCC2(C)CC3C(C)CC(=O)C3(O)C(C=O)=CCC12. The summed E-state index contributed by atoms with van der Waals surface area (Å²) < 4.78 is 0. The molecule has 3 aliphatic rings. The molecule has 3 heteroatoms. The molecule has 0 heterocycles. The molecule has 6 unspecified atom stereocenters. The van der Waals surface area contributed by atoms with E-state index in [-0.39, 0.29) is 23.0 Å². The molecule has 0 aliphatic heterocycles. The highest BCUT2D eigenvalue weighted by molar-refractivity contribution is 5.99. The number of hydrogen-bond donors (Lipinski definition) is 1. The van der Waals surface area contributed by atoms with Gasteiger partial charge < -0.3 is 5.11 Å². The van der Waals surface area contributed by atoms with Gasteiger partial charge in [-0.15, -0.1) is 0 Å². The molecule has 3 rings (SSSR count). The quantitative estimate of drug-likeness (QED) is 0.627. The zero-order valence-corrected chi connectivity index (χ0v) is 14.5. The Hall–Kier alpha value is -1.22. The maximum Gasteiger partial charge on any atom is 0.169 e. The lowest BCUT2D eigenvalue weighted by atomic mass is 9.63. The average molecular weight is 316 g/mol. The Balaban J connectivity index is 2.08. The number of Topliss-reactive ketones (excluding diaryl/α,β-unsaturated/α-hetero) is 1. The second-order valence-electron chi connectivity index (χ2n) is 8.45. The molecule has 0 aromatic rings. The summed E-state index contributed by atoms with van der Waals surface area (Å²) in [6, 6.07) is 0. The molecule has 2 saturated carbocycles. The van der Waals surface area contributed by atoms with Crippen molar-refractivity contribution in [3.63, 3.8) is 0 Å². The monoisotopic (exact) mass is 316 g/mol. The van der Waals surface area contributed by atoms with E-state index < -0.39 is 5.60 Å². The fraction of sp³-hybridized carbons (Fsp3) is 0.700. The summed E-state index contributed by atoms with van der Waals surface area (Å²) in [4.78, 5) is 24.1. The lowest BCUT2D eigenvalue weighted by Crippen LogP contribution is -2.47. The molecular weight excluding hydrogens is 288 g/mol. The Morgan fingerprint density at radius 1 is 1.43 bits per heavy atom. The van der Waals surface area contributed by atoms with E-state index in [1.807, 2.05) is 13.0 Å². The van der Waals surface area contributed by atoms with Crippen molar-refractivity contribution in [3.05, 3.63) is 23.8 Å². The summed E-state index contributed by atoms with van der Waals surface area (Å²) in [6.07, 6.45) is 6.71. The molecule has 2 fully saturated rings. The smallest absolute Gasteiger partial charge is 0.169 e. The Morgan fingerprint density at radius 3 is 2.74 bits per heavy atom. The van der Waals surface area contributed by atoms with Crippen LogP contribution in [0.3, 0.4) is 0 Å². The van der Waals surface area contributed by atoms with Crippen LogP contribution in [0, 0.1) is 29.1 Å². The van der Waals surface area contributed by atoms with Crippen LogP contribution in [0.4, 0.5) is 0 Å². The second-order valence-corrected chi connectivity index (χ2v) is 8.45. The molecule has 0 bridgehead atoms. The van der Waals surface area contributed by atoms with E-state index in [1.165, 1.54) is 5.57 Å². The van der Waals surface area contributed by atoms with E-state index in [2.05, 4.69) is 20.4 Å². The third kappa shape index (κ3) is 2.27. The number of hydrogen-bond acceptors (Lipinski definition) is 3. The number of allylic oxidation sites excluding steroid dienone is 2. The Kier molecular flexibility index (Phi) is 3.91. The van der Waals surface area contributed by atoms with E-state index >= 15 is 0 Å². The summed E-state index contributed by atoms with van der Waals surface area (Å²) >= 11 is 0. The minimum atomic E-state index is -1.56. The van der Waals surface area contributed by atoms with Crippen molar-refractivity contribution < 1.29 is 14.7 Å². The summed E-state index contributed by atoms with van der Waals surface area (Å²) in [5, 5.41) is 11.2. The van der Waals surface area contributed by atoms with Gasteiger partial charge in [-0.25, -0.2) is 0 Å². The Labute approximate surface area is 138 Å². The average Bonchev–Trinajstić information content (AvgIpc) is 2.89. The van der Waals surface area contributed by atoms with Crippen LogP contribution in [0.25, 0.3) is 0 Å². The molecule has 0 saturated heterocycles. The molecule has 0 amide bonds. The van der Waals surface area contributed by atoms with Crippen molar-refractivity contribution >= 4 is 12.1 Å². The summed E-state index contributed by atoms with van der Waals surface area (Å²) in [6.45, 7) is 10.6. The molecule has 3 nitrogen and oxygen atoms in total. The summed E-state index contributed by atoms with van der Waals surface area (Å²) in [5.41, 5.74) is 0.0557. The number of carbonyl (C=O) groups is 2. The van der Waals surface area contributed by atoms with E-state index in [1.54, 1.807) is 0 Å². The number of aldehydes is 1. The topological polar surface area (TPSA) is 54.4 Å². The van der Waals surface area contributed by atoms with Gasteiger partial charge in [0.15, 0.2) is 11.4 Å². The lowest BCUT2D eigenvalue weighted by molar-refractivity contribution is -0.135. The molecule has 126 valence electrons. The fourth-order valence-electron chi connectivity index (χ4n) is 5.63. The van der Waals surface area contributed by atoms with Crippen LogP contribution >= 0.6 is 0 Å². The van der Waals surface area contributed by atoms with Crippen molar-refractivity contribution in [3.8, 4) is 0 Å². The Bertz CT molecular complexity index is 590. The number of fused-ring (bicyclic) bond motifs is 2. The first kappa shape index (κ1) is 16.6. The number of carbonyl (C=O) groups excluding carboxylic acids is 2. The van der Waals surface area contributed by atoms with Crippen molar-refractivity contribution in [2.45, 2.75) is 58.5 Å². The van der Waals surface area contributed by atoms with Crippen LogP contribution in [-0.4, -0.2) is 22.8 Å². The van der Waals surface area contributed by atoms with Gasteiger partial charge in [-0.2, -0.15) is 0 Å². The second kappa shape index (κ2) is 5.41. The molecule has 0 spiro atoms. The molecule has 23 heavy (non-hydrogen) atoms. The number of aliphatic hydroxyl groups is 1. The number of rotatable bonds is 2. The van der Waals surface area contributed by atoms with E-state index in [9.17, 15) is 14.7 Å². The van der Waals surface area contributed by atoms with Crippen LogP contribution in [0.15, 0.2) is 23.8 Å². The standard InChI is InChI=1S/C20H28O3/c1-12(2)15-7-8-19(4)10-17-13(3)9-18(22)20(17,23)14(11-21)5-6-16(15)19/h5,11,13,15-17,23H,1,6-10H2,2-4H3. The highest BCUT2D eigenvalue weighted by atomic mass is 16.3. The van der Waals surface area contributed by atoms with Gasteiger partial charge in [-0.1, -0.05) is 32.1 Å². The molecule has 0 radical (unpaired) electrons. The predicted octanol–water partition coefficient (Wildman–Crippen LogP) is 3.47. The fourth-order valence-corrected chi connectivity index (χ4v) is 5.63. The molecule has 6 atom stereocenters. The summed E-state index contributed by atoms with van der Waals surface area (Å²) in [7, 11) is 0. The third-order valence-corrected chi connectivity index (χ3v) is 7.04. The minimum absolute atomic E-state index is 0.103. The van der Waals surface area contributed by atoms with Gasteiger partial charge in [0.1, 0.15) is 6.29 Å². The first-order valence-electron chi connectivity index (χ1n) is 8.81. The largest absolute Gasteiger partial charge is 0.377 e. The molecule has 1 N–H and O–H groups in total. The van der Waals surface area contributed by atoms with Gasteiger partial charge in [0.2, 0.25) is 0 Å². The third-order valence-electron chi connectivity index (χ3n) is 7.04. The lowest BCUT2D eigenvalue weighted by Gasteiger charge is -2.43. The predicted molar refractivity (Wildman–Crippen MR) is 89.7 cm³/mol. The van der Waals surface area contributed by atoms with Crippen molar-refractivity contribution in [2.24, 2.45) is 29.1 Å². The molecule has 0 aromatic heterocycles. The van der Waals surface area contributed by atoms with Gasteiger partial charge >= 0.3 is 0 Å². The van der Waals surface area contributed by atoms with Gasteiger partial charge in [0.25, 0.3) is 0 Å². The molecular formula is C20H28O3. The first-order valence-corrected chi connectivity index (χ1v) is 8.81.